The molecule has 1 aliphatic heterocycles. The largest absolute Gasteiger partial charge is 0.271 e. The molecule has 2 aromatic rings. The second kappa shape index (κ2) is 9.36. The third kappa shape index (κ3) is 5.01. The number of sulfonamides is 1. The Morgan fingerprint density at radius 3 is 2.50 bits per heavy atom. The topological polar surface area (TPSA) is 78.8 Å². The van der Waals surface area contributed by atoms with Crippen molar-refractivity contribution in [2.45, 2.75) is 29.1 Å². The van der Waals surface area contributed by atoms with Crippen LogP contribution in [0.2, 0.25) is 0 Å². The van der Waals surface area contributed by atoms with E-state index in [0.717, 1.165) is 29.7 Å². The van der Waals surface area contributed by atoms with E-state index >= 15 is 0 Å². The van der Waals surface area contributed by atoms with E-state index in [1.807, 2.05) is 30.5 Å². The molecule has 0 saturated carbocycles. The molecule has 1 fully saturated rings. The van der Waals surface area contributed by atoms with Gasteiger partial charge in [-0.25, -0.2) is 13.8 Å². The zero-order chi connectivity index (χ0) is 20.0. The van der Waals surface area contributed by atoms with Crippen molar-refractivity contribution in [3.63, 3.8) is 0 Å². The first-order valence-corrected chi connectivity index (χ1v) is 11.7. The smallest absolute Gasteiger partial charge is 0.267 e. The van der Waals surface area contributed by atoms with Crippen molar-refractivity contribution in [2.24, 2.45) is 5.10 Å². The van der Waals surface area contributed by atoms with Crippen molar-refractivity contribution in [3.05, 3.63) is 59.7 Å². The third-order valence-corrected chi connectivity index (χ3v) is 7.18. The molecule has 0 radical (unpaired) electrons. The highest BCUT2D eigenvalue weighted by atomic mass is 32.2. The van der Waals surface area contributed by atoms with E-state index in [1.165, 1.54) is 16.4 Å². The van der Waals surface area contributed by atoms with E-state index in [9.17, 15) is 13.2 Å². The van der Waals surface area contributed by atoms with Gasteiger partial charge in [0, 0.05) is 23.5 Å². The van der Waals surface area contributed by atoms with Gasteiger partial charge in [-0.15, -0.1) is 11.8 Å². The summed E-state index contributed by atoms with van der Waals surface area (Å²) in [5.41, 5.74) is 3.57. The van der Waals surface area contributed by atoms with Crippen LogP contribution in [-0.4, -0.2) is 44.2 Å². The lowest BCUT2D eigenvalue weighted by molar-refractivity contribution is 0.0955. The molecule has 0 unspecified atom stereocenters. The fourth-order valence-electron chi connectivity index (χ4n) is 2.97. The van der Waals surface area contributed by atoms with Gasteiger partial charge >= 0.3 is 0 Å². The molecule has 2 aromatic carbocycles. The lowest BCUT2D eigenvalue weighted by Crippen LogP contribution is -2.35. The number of nitrogens with one attached hydrogen (secondary N) is 1. The summed E-state index contributed by atoms with van der Waals surface area (Å²) in [5.74, 6) is -0.451. The van der Waals surface area contributed by atoms with E-state index in [-0.39, 0.29) is 10.5 Å². The molecule has 1 aliphatic rings. The number of thioether (sulfide) groups is 1. The summed E-state index contributed by atoms with van der Waals surface area (Å²) in [7, 11) is -3.58. The highest BCUT2D eigenvalue weighted by Crippen LogP contribution is 2.21. The molecule has 6 nitrogen and oxygen atoms in total. The van der Waals surface area contributed by atoms with E-state index in [2.05, 4.69) is 10.5 Å². The number of rotatable bonds is 6. The predicted octanol–water partition coefficient (Wildman–Crippen LogP) is 3.35. The van der Waals surface area contributed by atoms with Crippen LogP contribution in [0.1, 0.15) is 35.2 Å². The number of benzene rings is 2. The fourth-order valence-corrected chi connectivity index (χ4v) is 4.94. The monoisotopic (exact) mass is 417 g/mol. The first-order valence-electron chi connectivity index (χ1n) is 9.08. The first-order chi connectivity index (χ1) is 13.5. The number of hydrogen-bond acceptors (Lipinski definition) is 5. The highest BCUT2D eigenvalue weighted by Gasteiger charge is 2.26. The van der Waals surface area contributed by atoms with Gasteiger partial charge in [0.2, 0.25) is 10.0 Å². The molecule has 0 atom stereocenters. The predicted molar refractivity (Wildman–Crippen MR) is 112 cm³/mol. The lowest BCUT2D eigenvalue weighted by atomic mass is 10.2. The molecule has 28 heavy (non-hydrogen) atoms. The molecule has 0 aromatic heterocycles. The van der Waals surface area contributed by atoms with Crippen LogP contribution in [0.25, 0.3) is 0 Å². The standard InChI is InChI=1S/C20H23N3O3S2/c1-27-18-10-8-16(9-11-18)15-21-22-20(24)17-6-5-7-19(14-17)28(25,26)23-12-3-2-4-13-23/h5-11,14-15H,2-4,12-13H2,1H3,(H,22,24)/b21-15+. The average molecular weight is 418 g/mol. The number of nitrogens with zero attached hydrogens (tertiary/aromatic N) is 2. The second-order valence-corrected chi connectivity index (χ2v) is 9.28. The maximum Gasteiger partial charge on any atom is 0.271 e. The van der Waals surface area contributed by atoms with Gasteiger partial charge in [-0.05, 0) is 55.0 Å². The van der Waals surface area contributed by atoms with E-state index in [1.54, 1.807) is 30.1 Å². The van der Waals surface area contributed by atoms with Crippen LogP contribution in [0.5, 0.6) is 0 Å². The number of hydrazone groups is 1. The van der Waals surface area contributed by atoms with Gasteiger partial charge in [0.1, 0.15) is 0 Å². The van der Waals surface area contributed by atoms with Crippen LogP contribution in [0.15, 0.2) is 63.4 Å². The maximum atomic E-state index is 12.8. The van der Waals surface area contributed by atoms with Gasteiger partial charge in [-0.1, -0.05) is 24.6 Å². The maximum absolute atomic E-state index is 12.8. The van der Waals surface area contributed by atoms with E-state index < -0.39 is 15.9 Å². The first kappa shape index (κ1) is 20.6. The second-order valence-electron chi connectivity index (χ2n) is 6.46. The Labute approximate surface area is 170 Å². The molecule has 1 amide bonds. The number of carbonyl (C=O) groups excluding carboxylic acids is 1. The Balaban J connectivity index is 1.68. The molecule has 1 saturated heterocycles. The van der Waals surface area contributed by atoms with Crippen molar-refractivity contribution >= 4 is 33.9 Å². The number of carbonyl (C=O) groups is 1. The van der Waals surface area contributed by atoms with Gasteiger partial charge in [0.15, 0.2) is 0 Å². The van der Waals surface area contributed by atoms with Crippen molar-refractivity contribution in [2.75, 3.05) is 19.3 Å². The van der Waals surface area contributed by atoms with Gasteiger partial charge in [-0.2, -0.15) is 9.41 Å². The van der Waals surface area contributed by atoms with E-state index in [0.29, 0.717) is 13.1 Å². The molecule has 1 N–H and O–H groups in total. The molecule has 1 heterocycles. The zero-order valence-electron chi connectivity index (χ0n) is 15.7. The quantitative estimate of drug-likeness (QED) is 0.444. The van der Waals surface area contributed by atoms with Crippen molar-refractivity contribution in [3.8, 4) is 0 Å². The Hall–Kier alpha value is -2.16. The molecular formula is C20H23N3O3S2. The average Bonchev–Trinajstić information content (AvgIpc) is 2.75. The Morgan fingerprint density at radius 1 is 1.11 bits per heavy atom. The Morgan fingerprint density at radius 2 is 1.82 bits per heavy atom. The van der Waals surface area contributed by atoms with Crippen LogP contribution >= 0.6 is 11.8 Å². The summed E-state index contributed by atoms with van der Waals surface area (Å²) in [6.07, 6.45) is 6.34. The van der Waals surface area contributed by atoms with Crippen LogP contribution in [-0.2, 0) is 10.0 Å². The fraction of sp³-hybridized carbons (Fsp3) is 0.300. The summed E-state index contributed by atoms with van der Waals surface area (Å²) < 4.78 is 27.0. The normalized spacial score (nSPS) is 15.6. The molecule has 0 bridgehead atoms. The minimum Gasteiger partial charge on any atom is -0.267 e. The lowest BCUT2D eigenvalue weighted by Gasteiger charge is -2.25. The van der Waals surface area contributed by atoms with Crippen LogP contribution in [0.4, 0.5) is 0 Å². The molecule has 8 heteroatoms. The van der Waals surface area contributed by atoms with Crippen molar-refractivity contribution in [1.29, 1.82) is 0 Å². The summed E-state index contributed by atoms with van der Waals surface area (Å²) in [6.45, 7) is 1.05. The summed E-state index contributed by atoms with van der Waals surface area (Å²) in [6, 6.07) is 13.9. The van der Waals surface area contributed by atoms with Crippen molar-refractivity contribution < 1.29 is 13.2 Å². The van der Waals surface area contributed by atoms with Gasteiger partial charge in [-0.3, -0.25) is 4.79 Å². The number of amides is 1. The number of hydrogen-bond donors (Lipinski definition) is 1. The summed E-state index contributed by atoms with van der Waals surface area (Å²) in [4.78, 5) is 13.6. The molecule has 0 aliphatic carbocycles. The van der Waals surface area contributed by atoms with Crippen LogP contribution in [0.3, 0.4) is 0 Å². The Bertz CT molecular complexity index is 951. The minimum atomic E-state index is -3.58. The molecular weight excluding hydrogens is 394 g/mol. The highest BCUT2D eigenvalue weighted by molar-refractivity contribution is 7.98. The zero-order valence-corrected chi connectivity index (χ0v) is 17.3. The van der Waals surface area contributed by atoms with Gasteiger partial charge in [0.25, 0.3) is 5.91 Å². The van der Waals surface area contributed by atoms with Gasteiger partial charge < -0.3 is 0 Å². The van der Waals surface area contributed by atoms with Crippen LogP contribution in [0, 0.1) is 0 Å². The SMILES string of the molecule is CSc1ccc(/C=N/NC(=O)c2cccc(S(=O)(=O)N3CCCCC3)c2)cc1. The van der Waals surface area contributed by atoms with Gasteiger partial charge in [0.05, 0.1) is 11.1 Å². The van der Waals surface area contributed by atoms with Crippen LogP contribution < -0.4 is 5.43 Å². The molecule has 148 valence electrons. The number of piperidine rings is 1. The Kier molecular flexibility index (Phi) is 6.88. The third-order valence-electron chi connectivity index (χ3n) is 4.54. The molecule has 0 spiro atoms. The minimum absolute atomic E-state index is 0.138. The molecule has 3 rings (SSSR count). The summed E-state index contributed by atoms with van der Waals surface area (Å²) >= 11 is 1.65. The van der Waals surface area contributed by atoms with E-state index in [4.69, 9.17) is 0 Å². The van der Waals surface area contributed by atoms with Crippen molar-refractivity contribution in [1.82, 2.24) is 9.73 Å². The summed E-state index contributed by atoms with van der Waals surface area (Å²) in [5, 5.41) is 3.96.